The second-order valence-corrected chi connectivity index (χ2v) is 8.99. The third-order valence-electron chi connectivity index (χ3n) is 3.37. The van der Waals surface area contributed by atoms with Crippen molar-refractivity contribution in [2.45, 2.75) is 35.0 Å². The largest absolute Gasteiger partial charge is 0.224 e. The summed E-state index contributed by atoms with van der Waals surface area (Å²) in [6, 6.07) is 4.64. The first-order chi connectivity index (χ1) is 8.69. The molecule has 1 aliphatic carbocycles. The Bertz CT molecular complexity index is 681. The SMILES string of the molecule is CS(=O)(=O)c1ccc(C2[CH]CCC2)cc1S(C)(=O)=O. The van der Waals surface area contributed by atoms with Crippen molar-refractivity contribution in [2.24, 2.45) is 0 Å². The first-order valence-electron chi connectivity index (χ1n) is 6.07. The lowest BCUT2D eigenvalue weighted by molar-refractivity contribution is 0.588. The third kappa shape index (κ3) is 3.17. The van der Waals surface area contributed by atoms with Crippen LogP contribution in [0.4, 0.5) is 0 Å². The molecule has 105 valence electrons. The second kappa shape index (κ2) is 4.90. The van der Waals surface area contributed by atoms with Crippen LogP contribution < -0.4 is 0 Å². The van der Waals surface area contributed by atoms with E-state index in [1.165, 1.54) is 12.1 Å². The van der Waals surface area contributed by atoms with Crippen LogP contribution in [0.1, 0.15) is 30.7 Å². The lowest BCUT2D eigenvalue weighted by atomic mass is 9.98. The molecule has 0 amide bonds. The van der Waals surface area contributed by atoms with Crippen molar-refractivity contribution in [1.82, 2.24) is 0 Å². The van der Waals surface area contributed by atoms with E-state index in [1.54, 1.807) is 6.07 Å². The maximum Gasteiger partial charge on any atom is 0.176 e. The molecular formula is C13H17O4S2. The number of sulfone groups is 2. The van der Waals surface area contributed by atoms with Crippen LogP contribution in [0.25, 0.3) is 0 Å². The molecule has 0 bridgehead atoms. The first kappa shape index (κ1) is 14.5. The van der Waals surface area contributed by atoms with Crippen LogP contribution in [-0.4, -0.2) is 29.3 Å². The molecule has 1 aromatic carbocycles. The zero-order valence-electron chi connectivity index (χ0n) is 11.0. The minimum absolute atomic E-state index is 0.0900. The Labute approximate surface area is 114 Å². The summed E-state index contributed by atoms with van der Waals surface area (Å²) in [4.78, 5) is -0.204. The summed E-state index contributed by atoms with van der Waals surface area (Å²) >= 11 is 0. The average Bonchev–Trinajstić information content (AvgIpc) is 2.79. The van der Waals surface area contributed by atoms with Gasteiger partial charge in [0.2, 0.25) is 0 Å². The molecule has 1 saturated carbocycles. The second-order valence-electron chi connectivity index (χ2n) is 5.02. The van der Waals surface area contributed by atoms with Gasteiger partial charge in [-0.05, 0) is 42.9 Å². The van der Waals surface area contributed by atoms with E-state index < -0.39 is 19.7 Å². The summed E-state index contributed by atoms with van der Waals surface area (Å²) in [7, 11) is -7.11. The van der Waals surface area contributed by atoms with Gasteiger partial charge in [-0.2, -0.15) is 0 Å². The molecule has 0 spiro atoms. The van der Waals surface area contributed by atoms with Crippen LogP contribution in [0.15, 0.2) is 28.0 Å². The molecule has 0 aromatic heterocycles. The predicted molar refractivity (Wildman–Crippen MR) is 73.6 cm³/mol. The monoisotopic (exact) mass is 301 g/mol. The van der Waals surface area contributed by atoms with Gasteiger partial charge in [0.15, 0.2) is 19.7 Å². The van der Waals surface area contributed by atoms with Crippen molar-refractivity contribution >= 4 is 19.7 Å². The van der Waals surface area contributed by atoms with Crippen LogP contribution in [0.3, 0.4) is 0 Å². The predicted octanol–water partition coefficient (Wildman–Crippen LogP) is 1.97. The van der Waals surface area contributed by atoms with Crippen molar-refractivity contribution in [3.05, 3.63) is 30.2 Å². The minimum Gasteiger partial charge on any atom is -0.224 e. The molecule has 19 heavy (non-hydrogen) atoms. The number of hydrogen-bond donors (Lipinski definition) is 0. The maximum absolute atomic E-state index is 11.8. The summed E-state index contributed by atoms with van der Waals surface area (Å²) in [6.45, 7) is 0. The molecule has 1 atom stereocenters. The normalized spacial score (nSPS) is 17.8. The zero-order valence-corrected chi connectivity index (χ0v) is 12.6. The lowest BCUT2D eigenvalue weighted by Crippen LogP contribution is -2.09. The molecule has 1 aliphatic rings. The topological polar surface area (TPSA) is 68.3 Å². The fraction of sp³-hybridized carbons (Fsp3) is 0.462. The highest BCUT2D eigenvalue weighted by Crippen LogP contribution is 2.35. The fourth-order valence-corrected chi connectivity index (χ4v) is 4.86. The summed E-state index contributed by atoms with van der Waals surface area (Å²) in [5.41, 5.74) is 0.880. The summed E-state index contributed by atoms with van der Waals surface area (Å²) < 4.78 is 46.9. The molecule has 1 radical (unpaired) electrons. The summed E-state index contributed by atoms with van der Waals surface area (Å²) in [5, 5.41) is 0. The van der Waals surface area contributed by atoms with E-state index in [0.29, 0.717) is 0 Å². The highest BCUT2D eigenvalue weighted by molar-refractivity contribution is 7.93. The first-order valence-corrected chi connectivity index (χ1v) is 9.85. The van der Waals surface area contributed by atoms with E-state index >= 15 is 0 Å². The van der Waals surface area contributed by atoms with Crippen LogP contribution in [0.5, 0.6) is 0 Å². The molecule has 0 aliphatic heterocycles. The Morgan fingerprint density at radius 3 is 2.11 bits per heavy atom. The van der Waals surface area contributed by atoms with Crippen molar-refractivity contribution in [3.8, 4) is 0 Å². The summed E-state index contributed by atoms with van der Waals surface area (Å²) in [6.07, 6.45) is 7.32. The quantitative estimate of drug-likeness (QED) is 0.856. The number of benzene rings is 1. The van der Waals surface area contributed by atoms with Gasteiger partial charge in [-0.15, -0.1) is 0 Å². The van der Waals surface area contributed by atoms with Gasteiger partial charge in [0.05, 0.1) is 9.79 Å². The summed E-state index contributed by atoms with van der Waals surface area (Å²) in [5.74, 6) is 0.231. The molecule has 0 saturated heterocycles. The molecule has 4 nitrogen and oxygen atoms in total. The van der Waals surface area contributed by atoms with E-state index in [-0.39, 0.29) is 15.7 Å². The van der Waals surface area contributed by atoms with Crippen molar-refractivity contribution in [3.63, 3.8) is 0 Å². The van der Waals surface area contributed by atoms with E-state index in [2.05, 4.69) is 6.42 Å². The van der Waals surface area contributed by atoms with Crippen molar-refractivity contribution < 1.29 is 16.8 Å². The molecule has 1 aromatic rings. The molecule has 0 heterocycles. The molecule has 1 unspecified atom stereocenters. The van der Waals surface area contributed by atoms with E-state index in [9.17, 15) is 16.8 Å². The maximum atomic E-state index is 11.8. The van der Waals surface area contributed by atoms with Gasteiger partial charge in [0.25, 0.3) is 0 Å². The molecule has 6 heteroatoms. The lowest BCUT2D eigenvalue weighted by Gasteiger charge is -2.13. The number of rotatable bonds is 3. The Hall–Kier alpha value is -0.880. The van der Waals surface area contributed by atoms with Gasteiger partial charge >= 0.3 is 0 Å². The van der Waals surface area contributed by atoms with Gasteiger partial charge in [0.1, 0.15) is 0 Å². The van der Waals surface area contributed by atoms with Gasteiger partial charge in [0, 0.05) is 12.5 Å². The fourth-order valence-electron chi connectivity index (χ4n) is 2.43. The average molecular weight is 301 g/mol. The Morgan fingerprint density at radius 1 is 1.00 bits per heavy atom. The van der Waals surface area contributed by atoms with Gasteiger partial charge in [-0.1, -0.05) is 12.5 Å². The number of hydrogen-bond acceptors (Lipinski definition) is 4. The minimum atomic E-state index is -3.56. The van der Waals surface area contributed by atoms with Crippen LogP contribution >= 0.6 is 0 Å². The van der Waals surface area contributed by atoms with Crippen molar-refractivity contribution in [2.75, 3.05) is 12.5 Å². The molecular weight excluding hydrogens is 284 g/mol. The third-order valence-corrected chi connectivity index (χ3v) is 5.79. The molecule has 2 rings (SSSR count). The van der Waals surface area contributed by atoms with Crippen molar-refractivity contribution in [1.29, 1.82) is 0 Å². The zero-order chi connectivity index (χ0) is 14.3. The van der Waals surface area contributed by atoms with Gasteiger partial charge < -0.3 is 0 Å². The van der Waals surface area contributed by atoms with Crippen LogP contribution in [0, 0.1) is 6.42 Å². The van der Waals surface area contributed by atoms with E-state index in [1.807, 2.05) is 0 Å². The smallest absolute Gasteiger partial charge is 0.176 e. The highest BCUT2D eigenvalue weighted by atomic mass is 32.2. The van der Waals surface area contributed by atoms with Crippen LogP contribution in [-0.2, 0) is 19.7 Å². The van der Waals surface area contributed by atoms with E-state index in [4.69, 9.17) is 0 Å². The Balaban J connectivity index is 2.60. The Kier molecular flexibility index (Phi) is 3.75. The van der Waals surface area contributed by atoms with Gasteiger partial charge in [-0.3, -0.25) is 0 Å². The molecule has 1 fully saturated rings. The highest BCUT2D eigenvalue weighted by Gasteiger charge is 2.24. The Morgan fingerprint density at radius 2 is 1.63 bits per heavy atom. The molecule has 0 N–H and O–H groups in total. The van der Waals surface area contributed by atoms with Crippen LogP contribution in [0.2, 0.25) is 0 Å². The standard InChI is InChI=1S/C13H17O4S2/c1-18(14,15)12-8-7-11(10-5-3-4-6-10)9-13(12)19(2,16)17/h5,7-10H,3-4,6H2,1-2H3. The van der Waals surface area contributed by atoms with Gasteiger partial charge in [-0.25, -0.2) is 16.8 Å². The van der Waals surface area contributed by atoms with E-state index in [0.717, 1.165) is 37.3 Å².